The maximum atomic E-state index is 12.5. The SMILES string of the molecule is CC1CCc2c(N3CCN(C(=O)OC(C)(C)C)CC3)cccc2N1Cc1ccc2ccccc2c1. The first kappa shape index (κ1) is 23.5. The number of rotatable bonds is 3. The van der Waals surface area contributed by atoms with Crippen LogP contribution in [0.2, 0.25) is 0 Å². The number of hydrogen-bond acceptors (Lipinski definition) is 4. The van der Waals surface area contributed by atoms with Crippen molar-refractivity contribution in [2.24, 2.45) is 0 Å². The Hall–Kier alpha value is -3.21. The van der Waals surface area contributed by atoms with Gasteiger partial charge in [0.1, 0.15) is 5.60 Å². The van der Waals surface area contributed by atoms with E-state index < -0.39 is 5.60 Å². The molecule has 0 aliphatic carbocycles. The van der Waals surface area contributed by atoms with Gasteiger partial charge in [-0.05, 0) is 80.6 Å². The number of hydrogen-bond donors (Lipinski definition) is 0. The van der Waals surface area contributed by atoms with Crippen LogP contribution in [0.3, 0.4) is 0 Å². The topological polar surface area (TPSA) is 36.0 Å². The summed E-state index contributed by atoms with van der Waals surface area (Å²) in [6.07, 6.45) is 2.03. The van der Waals surface area contributed by atoms with Crippen molar-refractivity contribution in [1.82, 2.24) is 4.90 Å². The van der Waals surface area contributed by atoms with Gasteiger partial charge >= 0.3 is 6.09 Å². The van der Waals surface area contributed by atoms with Gasteiger partial charge in [0.05, 0.1) is 0 Å². The van der Waals surface area contributed by atoms with Crippen molar-refractivity contribution in [3.05, 3.63) is 71.8 Å². The van der Waals surface area contributed by atoms with Gasteiger partial charge < -0.3 is 19.4 Å². The van der Waals surface area contributed by atoms with Crippen LogP contribution in [0.5, 0.6) is 0 Å². The van der Waals surface area contributed by atoms with E-state index in [9.17, 15) is 4.79 Å². The molecule has 2 aliphatic rings. The summed E-state index contributed by atoms with van der Waals surface area (Å²) in [7, 11) is 0. The summed E-state index contributed by atoms with van der Waals surface area (Å²) >= 11 is 0. The van der Waals surface area contributed by atoms with Crippen molar-refractivity contribution >= 4 is 28.2 Å². The van der Waals surface area contributed by atoms with Gasteiger partial charge in [0.25, 0.3) is 0 Å². The van der Waals surface area contributed by atoms with Crippen molar-refractivity contribution < 1.29 is 9.53 Å². The summed E-state index contributed by atoms with van der Waals surface area (Å²) in [5.41, 5.74) is 5.00. The number of benzene rings is 3. The maximum Gasteiger partial charge on any atom is 0.410 e. The Labute approximate surface area is 209 Å². The predicted octanol–water partition coefficient (Wildman–Crippen LogP) is 6.24. The number of ether oxygens (including phenoxy) is 1. The fourth-order valence-corrected chi connectivity index (χ4v) is 5.36. The lowest BCUT2D eigenvalue weighted by Crippen LogP contribution is -2.50. The zero-order valence-electron chi connectivity index (χ0n) is 21.5. The molecular weight excluding hydrogens is 434 g/mol. The lowest BCUT2D eigenvalue weighted by Gasteiger charge is -2.41. The van der Waals surface area contributed by atoms with E-state index in [0.29, 0.717) is 19.1 Å². The van der Waals surface area contributed by atoms with Crippen LogP contribution in [0.15, 0.2) is 60.7 Å². The Morgan fingerprint density at radius 3 is 2.37 bits per heavy atom. The fourth-order valence-electron chi connectivity index (χ4n) is 5.36. The Bertz CT molecular complexity index is 1210. The average Bonchev–Trinajstić information content (AvgIpc) is 2.84. The molecule has 3 aromatic carbocycles. The van der Waals surface area contributed by atoms with Crippen LogP contribution in [0.1, 0.15) is 45.2 Å². The van der Waals surface area contributed by atoms with Gasteiger partial charge in [-0.1, -0.05) is 42.5 Å². The van der Waals surface area contributed by atoms with E-state index in [2.05, 4.69) is 77.4 Å². The molecule has 0 saturated carbocycles. The number of fused-ring (bicyclic) bond motifs is 2. The number of amides is 1. The molecule has 0 N–H and O–H groups in total. The summed E-state index contributed by atoms with van der Waals surface area (Å²) in [6.45, 7) is 12.1. The second-order valence-electron chi connectivity index (χ2n) is 10.9. The highest BCUT2D eigenvalue weighted by Gasteiger charge is 2.30. The van der Waals surface area contributed by atoms with Gasteiger partial charge in [-0.25, -0.2) is 4.79 Å². The maximum absolute atomic E-state index is 12.5. The second kappa shape index (κ2) is 9.44. The lowest BCUT2D eigenvalue weighted by molar-refractivity contribution is 0.0240. The highest BCUT2D eigenvalue weighted by molar-refractivity contribution is 5.83. The highest BCUT2D eigenvalue weighted by atomic mass is 16.6. The van der Waals surface area contributed by atoms with Crippen molar-refractivity contribution in [2.75, 3.05) is 36.0 Å². The molecule has 1 unspecified atom stereocenters. The molecule has 3 aromatic rings. The number of nitrogens with zero attached hydrogens (tertiary/aromatic N) is 3. The van der Waals surface area contributed by atoms with E-state index in [4.69, 9.17) is 4.74 Å². The molecule has 0 bridgehead atoms. The highest BCUT2D eigenvalue weighted by Crippen LogP contribution is 2.38. The minimum absolute atomic E-state index is 0.206. The van der Waals surface area contributed by atoms with Crippen molar-refractivity contribution in [1.29, 1.82) is 0 Å². The van der Waals surface area contributed by atoms with Gasteiger partial charge in [-0.3, -0.25) is 0 Å². The molecule has 0 radical (unpaired) electrons. The second-order valence-corrected chi connectivity index (χ2v) is 10.9. The van der Waals surface area contributed by atoms with Gasteiger partial charge in [0.2, 0.25) is 0 Å². The molecule has 184 valence electrons. The average molecular weight is 472 g/mol. The van der Waals surface area contributed by atoms with E-state index in [-0.39, 0.29) is 6.09 Å². The number of carbonyl (C=O) groups excluding carboxylic acids is 1. The first-order valence-corrected chi connectivity index (χ1v) is 12.9. The summed E-state index contributed by atoms with van der Waals surface area (Å²) in [4.78, 5) is 19.4. The summed E-state index contributed by atoms with van der Waals surface area (Å²) in [5, 5.41) is 2.59. The van der Waals surface area contributed by atoms with Gasteiger partial charge in [-0.15, -0.1) is 0 Å². The normalized spacial score (nSPS) is 18.5. The zero-order valence-corrected chi connectivity index (χ0v) is 21.5. The van der Waals surface area contributed by atoms with E-state index in [0.717, 1.165) is 32.5 Å². The van der Waals surface area contributed by atoms with Gasteiger partial charge in [0, 0.05) is 50.1 Å². The minimum Gasteiger partial charge on any atom is -0.444 e. The molecule has 1 atom stereocenters. The smallest absolute Gasteiger partial charge is 0.410 e. The molecule has 2 aliphatic heterocycles. The van der Waals surface area contributed by atoms with Crippen LogP contribution < -0.4 is 9.80 Å². The van der Waals surface area contributed by atoms with Crippen LogP contribution in [0, 0.1) is 0 Å². The Kier molecular flexibility index (Phi) is 6.35. The summed E-state index contributed by atoms with van der Waals surface area (Å²) in [5.74, 6) is 0. The van der Waals surface area contributed by atoms with Crippen molar-refractivity contribution in [2.45, 2.75) is 58.7 Å². The summed E-state index contributed by atoms with van der Waals surface area (Å²) in [6, 6.07) is 22.6. The third-order valence-electron chi connectivity index (χ3n) is 7.22. The molecule has 5 rings (SSSR count). The van der Waals surface area contributed by atoms with Crippen LogP contribution >= 0.6 is 0 Å². The Morgan fingerprint density at radius 2 is 1.63 bits per heavy atom. The van der Waals surface area contributed by atoms with E-state index in [1.807, 2.05) is 25.7 Å². The molecule has 5 heteroatoms. The van der Waals surface area contributed by atoms with E-state index >= 15 is 0 Å². The van der Waals surface area contributed by atoms with Gasteiger partial charge in [0.15, 0.2) is 0 Å². The molecule has 1 saturated heterocycles. The molecule has 0 aromatic heterocycles. The van der Waals surface area contributed by atoms with Crippen molar-refractivity contribution in [3.63, 3.8) is 0 Å². The Morgan fingerprint density at radius 1 is 0.914 bits per heavy atom. The fraction of sp³-hybridized carbons (Fsp3) is 0.433. The standard InChI is InChI=1S/C30H37N3O2/c1-22-12-15-26-27(31-16-18-32(19-17-31)29(34)35-30(2,3)4)10-7-11-28(26)33(22)21-23-13-14-24-8-5-6-9-25(24)20-23/h5-11,13-14,20,22H,12,15-19,21H2,1-4H3. The third-order valence-corrected chi connectivity index (χ3v) is 7.22. The molecule has 5 nitrogen and oxygen atoms in total. The quantitative estimate of drug-likeness (QED) is 0.453. The van der Waals surface area contributed by atoms with E-state index in [1.165, 1.54) is 33.3 Å². The lowest BCUT2D eigenvalue weighted by atomic mass is 9.93. The molecule has 1 amide bonds. The Balaban J connectivity index is 1.34. The van der Waals surface area contributed by atoms with Crippen molar-refractivity contribution in [3.8, 4) is 0 Å². The first-order chi connectivity index (χ1) is 16.8. The number of piperazine rings is 1. The number of carbonyl (C=O) groups is 1. The minimum atomic E-state index is -0.460. The zero-order chi connectivity index (χ0) is 24.6. The largest absolute Gasteiger partial charge is 0.444 e. The van der Waals surface area contributed by atoms with Crippen LogP contribution in [-0.4, -0.2) is 48.8 Å². The third kappa shape index (κ3) is 5.09. The summed E-state index contributed by atoms with van der Waals surface area (Å²) < 4.78 is 5.58. The number of anilines is 2. The first-order valence-electron chi connectivity index (χ1n) is 12.9. The molecular formula is C30H37N3O2. The predicted molar refractivity (Wildman–Crippen MR) is 144 cm³/mol. The van der Waals surface area contributed by atoms with Crippen LogP contribution in [-0.2, 0) is 17.7 Å². The van der Waals surface area contributed by atoms with Crippen LogP contribution in [0.25, 0.3) is 10.8 Å². The van der Waals surface area contributed by atoms with Gasteiger partial charge in [-0.2, -0.15) is 0 Å². The van der Waals surface area contributed by atoms with E-state index in [1.54, 1.807) is 0 Å². The molecule has 1 fully saturated rings. The monoisotopic (exact) mass is 471 g/mol. The molecule has 35 heavy (non-hydrogen) atoms. The molecule has 0 spiro atoms. The van der Waals surface area contributed by atoms with Crippen LogP contribution in [0.4, 0.5) is 16.2 Å². The molecule has 2 heterocycles.